The molecule has 6 rings (SSSR count). The van der Waals surface area contributed by atoms with E-state index in [1.165, 1.54) is 17.7 Å². The van der Waals surface area contributed by atoms with E-state index < -0.39 is 0 Å². The maximum atomic E-state index is 13.5. The van der Waals surface area contributed by atoms with Crippen molar-refractivity contribution in [3.63, 3.8) is 0 Å². The molecule has 37 heavy (non-hydrogen) atoms. The number of morpholine rings is 1. The van der Waals surface area contributed by atoms with E-state index in [4.69, 9.17) is 24.2 Å². The van der Waals surface area contributed by atoms with Crippen LogP contribution in [0.1, 0.15) is 31.5 Å². The number of hydrogen-bond acceptors (Lipinski definition) is 8. The number of pyridine rings is 1. The third kappa shape index (κ3) is 4.38. The van der Waals surface area contributed by atoms with Crippen LogP contribution in [0.3, 0.4) is 0 Å². The first-order chi connectivity index (χ1) is 17.9. The molecule has 2 N–H and O–H groups in total. The van der Waals surface area contributed by atoms with Crippen molar-refractivity contribution in [2.45, 2.75) is 39.2 Å². The van der Waals surface area contributed by atoms with Crippen molar-refractivity contribution < 1.29 is 19.0 Å². The quantitative estimate of drug-likeness (QED) is 0.443. The van der Waals surface area contributed by atoms with Crippen LogP contribution in [0.4, 0.5) is 5.69 Å². The highest BCUT2D eigenvalue weighted by Crippen LogP contribution is 2.59. The predicted octanol–water partition coefficient (Wildman–Crippen LogP) is 2.18. The number of amides is 1. The smallest absolute Gasteiger partial charge is 0.243 e. The first-order valence-electron chi connectivity index (χ1n) is 13.1. The van der Waals surface area contributed by atoms with Crippen molar-refractivity contribution in [2.24, 2.45) is 11.3 Å². The highest BCUT2D eigenvalue weighted by atomic mass is 16.5. The van der Waals surface area contributed by atoms with Gasteiger partial charge in [-0.25, -0.2) is 4.98 Å². The fraction of sp³-hybridized carbons (Fsp3) is 0.615. The van der Waals surface area contributed by atoms with E-state index in [1.807, 2.05) is 13.0 Å². The van der Waals surface area contributed by atoms with E-state index >= 15 is 0 Å². The number of anilines is 1. The first-order valence-corrected chi connectivity index (χ1v) is 13.1. The maximum absolute atomic E-state index is 13.5. The van der Waals surface area contributed by atoms with Crippen LogP contribution in [0.15, 0.2) is 6.07 Å². The second-order valence-electron chi connectivity index (χ2n) is 10.8. The molecule has 0 spiro atoms. The van der Waals surface area contributed by atoms with Gasteiger partial charge < -0.3 is 24.1 Å². The van der Waals surface area contributed by atoms with Crippen LogP contribution in [0.25, 0.3) is 22.7 Å². The molecule has 0 aromatic carbocycles. The molecule has 0 radical (unpaired) electrons. The second kappa shape index (κ2) is 9.38. The Bertz CT molecular complexity index is 1310. The van der Waals surface area contributed by atoms with Crippen LogP contribution in [0.5, 0.6) is 5.88 Å². The Hall–Kier alpha value is -3.02. The number of ether oxygens (including phenoxy) is 3. The number of H-pyrrole nitrogens is 2. The molecule has 1 amide bonds. The van der Waals surface area contributed by atoms with Crippen molar-refractivity contribution >= 4 is 22.8 Å². The minimum Gasteiger partial charge on any atom is -0.474 e. The molecule has 198 valence electrons. The lowest BCUT2D eigenvalue weighted by molar-refractivity contribution is -0.124. The Morgan fingerprint density at radius 3 is 2.92 bits per heavy atom. The van der Waals surface area contributed by atoms with Gasteiger partial charge in [0.1, 0.15) is 18.0 Å². The summed E-state index contributed by atoms with van der Waals surface area (Å²) in [4.78, 5) is 30.1. The summed E-state index contributed by atoms with van der Waals surface area (Å²) in [5, 5.41) is 7.87. The lowest BCUT2D eigenvalue weighted by Crippen LogP contribution is -2.50. The molecule has 0 unspecified atom stereocenters. The largest absolute Gasteiger partial charge is 0.474 e. The predicted molar refractivity (Wildman–Crippen MR) is 138 cm³/mol. The SMILES string of the molecule is COCCOc1nc2nc(-c3n[nH]c4c3C[C@@H]3C[C@]3(C)C4)[nH]c2cc1N(C)C(=O)[C@H](C)N1CCOCC1. The molecule has 3 aromatic heterocycles. The van der Waals surface area contributed by atoms with Crippen LogP contribution < -0.4 is 9.64 Å². The molecule has 11 nitrogen and oxygen atoms in total. The summed E-state index contributed by atoms with van der Waals surface area (Å²) in [6, 6.07) is 1.60. The number of carbonyl (C=O) groups excluding carboxylic acids is 1. The monoisotopic (exact) mass is 509 g/mol. The molecule has 1 saturated carbocycles. The summed E-state index contributed by atoms with van der Waals surface area (Å²) in [5.41, 5.74) is 5.58. The zero-order valence-corrected chi connectivity index (χ0v) is 22.0. The van der Waals surface area contributed by atoms with Gasteiger partial charge in [0.2, 0.25) is 11.8 Å². The maximum Gasteiger partial charge on any atom is 0.243 e. The van der Waals surface area contributed by atoms with Crippen LogP contribution in [-0.4, -0.2) is 95.7 Å². The fourth-order valence-electron chi connectivity index (χ4n) is 5.77. The normalized spacial score (nSPS) is 23.9. The Morgan fingerprint density at radius 1 is 1.32 bits per heavy atom. The Balaban J connectivity index is 1.32. The lowest BCUT2D eigenvalue weighted by Gasteiger charge is -2.33. The van der Waals surface area contributed by atoms with Crippen molar-refractivity contribution in [3.8, 4) is 17.4 Å². The number of carbonyl (C=O) groups is 1. The van der Waals surface area contributed by atoms with Gasteiger partial charge in [-0.3, -0.25) is 14.8 Å². The zero-order chi connectivity index (χ0) is 25.7. The summed E-state index contributed by atoms with van der Waals surface area (Å²) in [7, 11) is 3.38. The third-order valence-electron chi connectivity index (χ3n) is 8.33. The molecule has 3 aromatic rings. The Morgan fingerprint density at radius 2 is 2.14 bits per heavy atom. The standard InChI is InChI=1S/C26H35N7O4/c1-15(33-5-7-36-8-6-33)25(34)32(3)20-12-18-22(29-24(20)37-10-9-35-4)28-23(27-18)21-17-11-16-13-26(16,2)14-19(17)30-31-21/h12,15-16H,5-11,13-14H2,1-4H3,(H,30,31)(H,27,28,29)/t15-,16+,26+/m0/s1. The summed E-state index contributed by atoms with van der Waals surface area (Å²) >= 11 is 0. The average molecular weight is 510 g/mol. The van der Waals surface area contributed by atoms with Gasteiger partial charge >= 0.3 is 0 Å². The molecular weight excluding hydrogens is 474 g/mol. The van der Waals surface area contributed by atoms with Gasteiger partial charge in [-0.1, -0.05) is 6.92 Å². The van der Waals surface area contributed by atoms with Gasteiger partial charge in [-0.05, 0) is 43.6 Å². The molecule has 3 aliphatic rings. The van der Waals surface area contributed by atoms with Gasteiger partial charge in [0.15, 0.2) is 11.5 Å². The first kappa shape index (κ1) is 24.3. The van der Waals surface area contributed by atoms with Gasteiger partial charge in [0, 0.05) is 38.5 Å². The van der Waals surface area contributed by atoms with E-state index in [-0.39, 0.29) is 11.9 Å². The number of aromatic amines is 2. The Kier molecular flexibility index (Phi) is 6.16. The topological polar surface area (TPSA) is 121 Å². The number of rotatable bonds is 8. The fourth-order valence-corrected chi connectivity index (χ4v) is 5.77. The number of fused-ring (bicyclic) bond motifs is 3. The molecule has 4 heterocycles. The van der Waals surface area contributed by atoms with Gasteiger partial charge in [-0.2, -0.15) is 10.1 Å². The Labute approximate surface area is 215 Å². The van der Waals surface area contributed by atoms with E-state index in [9.17, 15) is 4.79 Å². The number of nitrogens with zero attached hydrogens (tertiary/aromatic N) is 5. The molecular formula is C26H35N7O4. The molecule has 1 saturated heterocycles. The highest BCUT2D eigenvalue weighted by Gasteiger charge is 2.53. The van der Waals surface area contributed by atoms with Crippen LogP contribution in [0, 0.1) is 11.3 Å². The highest BCUT2D eigenvalue weighted by molar-refractivity contribution is 5.99. The molecule has 2 aliphatic carbocycles. The molecule has 2 fully saturated rings. The third-order valence-corrected chi connectivity index (χ3v) is 8.33. The minimum atomic E-state index is -0.294. The van der Waals surface area contributed by atoms with E-state index in [1.54, 1.807) is 19.1 Å². The number of methoxy groups -OCH3 is 1. The second-order valence-corrected chi connectivity index (χ2v) is 10.8. The van der Waals surface area contributed by atoms with Crippen LogP contribution in [-0.2, 0) is 27.1 Å². The average Bonchev–Trinajstić information content (AvgIpc) is 3.20. The summed E-state index contributed by atoms with van der Waals surface area (Å²) in [6.45, 7) is 7.74. The van der Waals surface area contributed by atoms with E-state index in [0.29, 0.717) is 54.9 Å². The number of likely N-dealkylation sites (N-methyl/N-ethyl adjacent to an activating group) is 1. The van der Waals surface area contributed by atoms with Crippen molar-refractivity contribution in [1.82, 2.24) is 30.0 Å². The van der Waals surface area contributed by atoms with Crippen molar-refractivity contribution in [3.05, 3.63) is 17.3 Å². The van der Waals surface area contributed by atoms with Crippen molar-refractivity contribution in [1.29, 1.82) is 0 Å². The number of aromatic nitrogens is 5. The zero-order valence-electron chi connectivity index (χ0n) is 22.0. The summed E-state index contributed by atoms with van der Waals surface area (Å²) in [6.07, 6.45) is 3.33. The molecule has 1 aliphatic heterocycles. The molecule has 11 heteroatoms. The van der Waals surface area contributed by atoms with Crippen LogP contribution in [0.2, 0.25) is 0 Å². The lowest BCUT2D eigenvalue weighted by atomic mass is 9.88. The number of nitrogens with one attached hydrogen (secondary N) is 2. The minimum absolute atomic E-state index is 0.0340. The number of hydrogen-bond donors (Lipinski definition) is 2. The van der Waals surface area contributed by atoms with Crippen molar-refractivity contribution in [2.75, 3.05) is 58.6 Å². The van der Waals surface area contributed by atoms with Gasteiger partial charge in [0.05, 0.1) is 31.4 Å². The summed E-state index contributed by atoms with van der Waals surface area (Å²) < 4.78 is 16.6. The summed E-state index contributed by atoms with van der Waals surface area (Å²) in [5.74, 6) is 1.72. The van der Waals surface area contributed by atoms with Gasteiger partial charge in [-0.15, -0.1) is 0 Å². The van der Waals surface area contributed by atoms with Crippen LogP contribution >= 0.6 is 0 Å². The van der Waals surface area contributed by atoms with E-state index in [0.717, 1.165) is 43.1 Å². The molecule has 0 bridgehead atoms. The van der Waals surface area contributed by atoms with E-state index in [2.05, 4.69) is 27.0 Å². The van der Waals surface area contributed by atoms with Gasteiger partial charge in [0.25, 0.3) is 0 Å². The number of imidazole rings is 1. The molecule has 3 atom stereocenters.